The van der Waals surface area contributed by atoms with E-state index in [1.165, 1.54) is 0 Å². The van der Waals surface area contributed by atoms with Crippen molar-refractivity contribution >= 4 is 22.5 Å². The van der Waals surface area contributed by atoms with Gasteiger partial charge in [0.05, 0.1) is 16.8 Å². The molecule has 0 N–H and O–H groups in total. The number of carbonyl (C=O) groups excluding carboxylic acids is 1. The highest BCUT2D eigenvalue weighted by atomic mass is 16.2. The average molecular weight is 386 g/mol. The molecule has 0 aliphatic carbocycles. The molecule has 7 heteroatoms. The maximum atomic E-state index is 12.6. The summed E-state index contributed by atoms with van der Waals surface area (Å²) in [5, 5.41) is 18.7. The molecule has 0 saturated carbocycles. The minimum atomic E-state index is -0.415. The minimum Gasteiger partial charge on any atom is -0.366 e. The second kappa shape index (κ2) is 7.89. The highest BCUT2D eigenvalue weighted by molar-refractivity contribution is 5.94. The number of carbonyl (C=O) groups is 1. The Morgan fingerprint density at radius 1 is 1.17 bits per heavy atom. The molecule has 2 aliphatic heterocycles. The van der Waals surface area contributed by atoms with Gasteiger partial charge in [-0.2, -0.15) is 15.5 Å². The van der Waals surface area contributed by atoms with E-state index in [-0.39, 0.29) is 5.91 Å². The van der Waals surface area contributed by atoms with Crippen LogP contribution < -0.4 is 4.90 Å². The number of para-hydroxylation sites is 1. The van der Waals surface area contributed by atoms with Crippen LogP contribution in [0.25, 0.3) is 10.9 Å². The number of rotatable bonds is 6. The van der Waals surface area contributed by atoms with E-state index in [1.807, 2.05) is 29.2 Å². The van der Waals surface area contributed by atoms with Crippen molar-refractivity contribution in [3.05, 3.63) is 36.0 Å². The Balaban J connectivity index is 1.39. The molecule has 0 unspecified atom stereocenters. The zero-order valence-corrected chi connectivity index (χ0v) is 16.2. The van der Waals surface area contributed by atoms with Crippen LogP contribution in [0.5, 0.6) is 0 Å². The van der Waals surface area contributed by atoms with Crippen molar-refractivity contribution in [1.29, 1.82) is 5.26 Å². The molecule has 1 saturated heterocycles. The lowest BCUT2D eigenvalue weighted by molar-refractivity contribution is -0.131. The number of hydrogen-bond acceptors (Lipinski definition) is 6. The van der Waals surface area contributed by atoms with E-state index in [0.717, 1.165) is 23.0 Å². The van der Waals surface area contributed by atoms with Gasteiger partial charge in [-0.25, -0.2) is 0 Å². The number of pyridine rings is 1. The van der Waals surface area contributed by atoms with Crippen LogP contribution in [-0.4, -0.2) is 47.6 Å². The lowest BCUT2D eigenvalue weighted by Gasteiger charge is -2.37. The largest absolute Gasteiger partial charge is 0.366 e. The van der Waals surface area contributed by atoms with Crippen LogP contribution in [0.1, 0.15) is 31.2 Å². The summed E-state index contributed by atoms with van der Waals surface area (Å²) < 4.78 is 0. The molecule has 29 heavy (non-hydrogen) atoms. The average Bonchev–Trinajstić information content (AvgIpc) is 3.55. The van der Waals surface area contributed by atoms with Crippen LogP contribution in [0.2, 0.25) is 0 Å². The fraction of sp³-hybridized carbons (Fsp3) is 0.409. The Labute approximate surface area is 170 Å². The third-order valence-electron chi connectivity index (χ3n) is 5.61. The molecule has 0 atom stereocenters. The van der Waals surface area contributed by atoms with Gasteiger partial charge in [0.15, 0.2) is 5.66 Å². The molecule has 1 aromatic carbocycles. The summed E-state index contributed by atoms with van der Waals surface area (Å²) in [5.41, 5.74) is 1.93. The molecular formula is C22H22N6O. The van der Waals surface area contributed by atoms with Crippen LogP contribution in [0.3, 0.4) is 0 Å². The van der Waals surface area contributed by atoms with Crippen molar-refractivity contribution in [2.75, 3.05) is 31.1 Å². The molecule has 146 valence electrons. The van der Waals surface area contributed by atoms with E-state index in [0.29, 0.717) is 51.0 Å². The molecule has 1 fully saturated rings. The number of piperazine rings is 1. The van der Waals surface area contributed by atoms with Crippen LogP contribution in [0.15, 0.2) is 40.7 Å². The molecular weight excluding hydrogens is 364 g/mol. The highest BCUT2D eigenvalue weighted by Crippen LogP contribution is 2.38. The molecule has 0 spiro atoms. The van der Waals surface area contributed by atoms with E-state index in [2.05, 4.69) is 32.1 Å². The third kappa shape index (κ3) is 3.90. The summed E-state index contributed by atoms with van der Waals surface area (Å²) in [4.78, 5) is 21.1. The maximum absolute atomic E-state index is 12.6. The topological polar surface area (TPSA) is 85.0 Å². The first kappa shape index (κ1) is 18.9. The Kier molecular flexibility index (Phi) is 5.14. The van der Waals surface area contributed by atoms with Crippen molar-refractivity contribution in [1.82, 2.24) is 9.88 Å². The summed E-state index contributed by atoms with van der Waals surface area (Å²) >= 11 is 0. The molecule has 0 radical (unpaired) electrons. The van der Waals surface area contributed by atoms with Gasteiger partial charge in [-0.05, 0) is 6.07 Å². The molecule has 3 heterocycles. The van der Waals surface area contributed by atoms with Gasteiger partial charge in [0, 0.05) is 63.4 Å². The SMILES string of the molecule is C#CCCC1(CCC(=O)N2CCN(c3c(C#N)cnc4ccccc34)CC2)N=N1. The van der Waals surface area contributed by atoms with Gasteiger partial charge in [-0.3, -0.25) is 9.78 Å². The smallest absolute Gasteiger partial charge is 0.222 e. The van der Waals surface area contributed by atoms with E-state index in [9.17, 15) is 10.1 Å². The number of terminal acetylenes is 1. The lowest BCUT2D eigenvalue weighted by atomic mass is 10.0. The quantitative estimate of drug-likeness (QED) is 0.714. The normalized spacial score (nSPS) is 17.0. The predicted molar refractivity (Wildman–Crippen MR) is 110 cm³/mol. The third-order valence-corrected chi connectivity index (χ3v) is 5.61. The van der Waals surface area contributed by atoms with Gasteiger partial charge < -0.3 is 9.80 Å². The van der Waals surface area contributed by atoms with Crippen LogP contribution >= 0.6 is 0 Å². The van der Waals surface area contributed by atoms with E-state index in [1.54, 1.807) is 6.20 Å². The summed E-state index contributed by atoms with van der Waals surface area (Å²) in [7, 11) is 0. The van der Waals surface area contributed by atoms with Crippen molar-refractivity contribution < 1.29 is 4.79 Å². The van der Waals surface area contributed by atoms with Gasteiger partial charge in [0.1, 0.15) is 6.07 Å². The first-order chi connectivity index (χ1) is 14.2. The molecule has 4 rings (SSSR count). The van der Waals surface area contributed by atoms with Gasteiger partial charge in [0.25, 0.3) is 0 Å². The number of benzene rings is 1. The molecule has 1 aromatic heterocycles. The summed E-state index contributed by atoms with van der Waals surface area (Å²) in [6.07, 6.45) is 9.35. The number of nitriles is 1. The fourth-order valence-electron chi connectivity index (χ4n) is 3.86. The first-order valence-corrected chi connectivity index (χ1v) is 9.84. The van der Waals surface area contributed by atoms with Gasteiger partial charge in [0.2, 0.25) is 5.91 Å². The van der Waals surface area contributed by atoms with Crippen LogP contribution in [0, 0.1) is 23.7 Å². The predicted octanol–water partition coefficient (Wildman–Crippen LogP) is 3.11. The van der Waals surface area contributed by atoms with E-state index >= 15 is 0 Å². The molecule has 1 amide bonds. The standard InChI is InChI=1S/C22H22N6O/c1-2-3-9-22(25-26-22)10-8-20(29)27-11-13-28(14-12-27)21-17(15-23)16-24-19-7-5-4-6-18(19)21/h1,4-7,16H,3,8-14H2. The minimum absolute atomic E-state index is 0.127. The zero-order chi connectivity index (χ0) is 20.3. The van der Waals surface area contributed by atoms with Crippen molar-refractivity contribution in [2.45, 2.75) is 31.3 Å². The number of fused-ring (bicyclic) bond motifs is 1. The lowest BCUT2D eigenvalue weighted by Crippen LogP contribution is -2.49. The summed E-state index contributed by atoms with van der Waals surface area (Å²) in [6, 6.07) is 10.1. The second-order valence-electron chi connectivity index (χ2n) is 7.40. The summed E-state index contributed by atoms with van der Waals surface area (Å²) in [5.74, 6) is 2.74. The highest BCUT2D eigenvalue weighted by Gasteiger charge is 2.39. The van der Waals surface area contributed by atoms with Gasteiger partial charge >= 0.3 is 0 Å². The monoisotopic (exact) mass is 386 g/mol. The molecule has 0 bridgehead atoms. The van der Waals surface area contributed by atoms with Gasteiger partial charge in [-0.1, -0.05) is 18.2 Å². The Morgan fingerprint density at radius 2 is 1.93 bits per heavy atom. The maximum Gasteiger partial charge on any atom is 0.222 e. The Bertz CT molecular complexity index is 1030. The van der Waals surface area contributed by atoms with E-state index < -0.39 is 5.66 Å². The van der Waals surface area contributed by atoms with Gasteiger partial charge in [-0.15, -0.1) is 12.3 Å². The number of amides is 1. The number of aromatic nitrogens is 1. The molecule has 2 aliphatic rings. The van der Waals surface area contributed by atoms with Crippen molar-refractivity contribution in [3.63, 3.8) is 0 Å². The Morgan fingerprint density at radius 3 is 2.62 bits per heavy atom. The zero-order valence-electron chi connectivity index (χ0n) is 16.2. The first-order valence-electron chi connectivity index (χ1n) is 9.84. The fourth-order valence-corrected chi connectivity index (χ4v) is 3.86. The van der Waals surface area contributed by atoms with Crippen LogP contribution in [-0.2, 0) is 4.79 Å². The molecule has 2 aromatic rings. The van der Waals surface area contributed by atoms with Crippen LogP contribution in [0.4, 0.5) is 5.69 Å². The Hall–Kier alpha value is -3.45. The summed E-state index contributed by atoms with van der Waals surface area (Å²) in [6.45, 7) is 2.63. The molecule has 7 nitrogen and oxygen atoms in total. The van der Waals surface area contributed by atoms with Crippen molar-refractivity contribution in [2.24, 2.45) is 10.2 Å². The number of hydrogen-bond donors (Lipinski definition) is 0. The number of anilines is 1. The van der Waals surface area contributed by atoms with Crippen molar-refractivity contribution in [3.8, 4) is 18.4 Å². The number of nitrogens with zero attached hydrogens (tertiary/aromatic N) is 6. The van der Waals surface area contributed by atoms with E-state index in [4.69, 9.17) is 6.42 Å². The second-order valence-corrected chi connectivity index (χ2v) is 7.40.